The fraction of sp³-hybridized carbons (Fsp3) is 0.250. The fourth-order valence-corrected chi connectivity index (χ4v) is 2.73. The molecule has 0 amide bonds. The minimum Gasteiger partial charge on any atom is -0.396 e. The Balaban J connectivity index is 1.69. The average molecular weight is 323 g/mol. The molecule has 24 heavy (non-hydrogen) atoms. The summed E-state index contributed by atoms with van der Waals surface area (Å²) >= 11 is 0. The van der Waals surface area contributed by atoms with Crippen molar-refractivity contribution >= 4 is 33.6 Å². The molecule has 0 atom stereocenters. The van der Waals surface area contributed by atoms with Crippen LogP contribution in [0.3, 0.4) is 0 Å². The predicted octanol–water partition coefficient (Wildman–Crippen LogP) is 2.14. The standard InChI is InChI=1S/C16H17N7O/c1-10-12-8-11(9-18-16(12)23(22-10)6-3-7-24)19-15-14-13(20-21-15)4-2-5-17-14/h2,4-5,8-9,24H,3,6-7H2,1H3,(H2,19,20,21). The Morgan fingerprint density at radius 3 is 3.12 bits per heavy atom. The van der Waals surface area contributed by atoms with Crippen molar-refractivity contribution in [2.24, 2.45) is 0 Å². The first-order valence-electron chi connectivity index (χ1n) is 7.76. The molecule has 3 N–H and O–H groups in total. The summed E-state index contributed by atoms with van der Waals surface area (Å²) in [6.07, 6.45) is 4.14. The van der Waals surface area contributed by atoms with Crippen molar-refractivity contribution in [3.8, 4) is 0 Å². The summed E-state index contributed by atoms with van der Waals surface area (Å²) in [7, 11) is 0. The molecule has 0 radical (unpaired) electrons. The molecular weight excluding hydrogens is 306 g/mol. The highest BCUT2D eigenvalue weighted by atomic mass is 16.3. The van der Waals surface area contributed by atoms with Gasteiger partial charge in [0.15, 0.2) is 11.5 Å². The van der Waals surface area contributed by atoms with Crippen LogP contribution >= 0.6 is 0 Å². The lowest BCUT2D eigenvalue weighted by Gasteiger charge is -2.04. The van der Waals surface area contributed by atoms with E-state index < -0.39 is 0 Å². The second kappa shape index (κ2) is 5.89. The van der Waals surface area contributed by atoms with E-state index in [1.54, 1.807) is 12.4 Å². The van der Waals surface area contributed by atoms with Crippen molar-refractivity contribution in [1.82, 2.24) is 29.9 Å². The molecule has 4 aromatic rings. The number of fused-ring (bicyclic) bond motifs is 2. The zero-order chi connectivity index (χ0) is 16.5. The van der Waals surface area contributed by atoms with E-state index >= 15 is 0 Å². The summed E-state index contributed by atoms with van der Waals surface area (Å²) in [5.41, 5.74) is 4.21. The molecule has 4 rings (SSSR count). The number of hydrogen-bond donors (Lipinski definition) is 3. The van der Waals surface area contributed by atoms with Crippen LogP contribution in [0.4, 0.5) is 11.5 Å². The number of aryl methyl sites for hydroxylation is 2. The van der Waals surface area contributed by atoms with Gasteiger partial charge in [0.1, 0.15) is 5.52 Å². The molecule has 8 nitrogen and oxygen atoms in total. The molecule has 8 heteroatoms. The summed E-state index contributed by atoms with van der Waals surface area (Å²) in [4.78, 5) is 8.85. The molecule has 0 unspecified atom stereocenters. The largest absolute Gasteiger partial charge is 0.396 e. The summed E-state index contributed by atoms with van der Waals surface area (Å²) in [6.45, 7) is 2.74. The molecule has 0 aliphatic rings. The Morgan fingerprint density at radius 2 is 2.25 bits per heavy atom. The minimum atomic E-state index is 0.138. The number of H-pyrrole nitrogens is 1. The van der Waals surface area contributed by atoms with Crippen LogP contribution in [-0.2, 0) is 6.54 Å². The lowest BCUT2D eigenvalue weighted by atomic mass is 10.2. The van der Waals surface area contributed by atoms with E-state index in [0.717, 1.165) is 33.4 Å². The summed E-state index contributed by atoms with van der Waals surface area (Å²) in [6, 6.07) is 5.79. The highest BCUT2D eigenvalue weighted by molar-refractivity contribution is 5.89. The van der Waals surface area contributed by atoms with E-state index in [9.17, 15) is 0 Å². The zero-order valence-corrected chi connectivity index (χ0v) is 13.2. The molecule has 122 valence electrons. The number of nitrogens with one attached hydrogen (secondary N) is 2. The van der Waals surface area contributed by atoms with E-state index in [1.807, 2.05) is 29.8 Å². The average Bonchev–Trinajstić information content (AvgIpc) is 3.15. The molecule has 4 heterocycles. The van der Waals surface area contributed by atoms with Gasteiger partial charge >= 0.3 is 0 Å². The van der Waals surface area contributed by atoms with Gasteiger partial charge in [-0.2, -0.15) is 10.2 Å². The second-order valence-electron chi connectivity index (χ2n) is 5.58. The van der Waals surface area contributed by atoms with Crippen molar-refractivity contribution in [2.45, 2.75) is 19.9 Å². The Hall–Kier alpha value is -3.00. The van der Waals surface area contributed by atoms with Gasteiger partial charge in [0, 0.05) is 24.7 Å². The third kappa shape index (κ3) is 2.46. The van der Waals surface area contributed by atoms with Crippen molar-refractivity contribution in [3.05, 3.63) is 36.3 Å². The summed E-state index contributed by atoms with van der Waals surface area (Å²) < 4.78 is 1.83. The smallest absolute Gasteiger partial charge is 0.178 e. The van der Waals surface area contributed by atoms with Crippen LogP contribution in [0, 0.1) is 6.92 Å². The van der Waals surface area contributed by atoms with Gasteiger partial charge in [-0.25, -0.2) is 9.67 Å². The first-order valence-corrected chi connectivity index (χ1v) is 7.76. The van der Waals surface area contributed by atoms with E-state index in [1.165, 1.54) is 0 Å². The Kier molecular flexibility index (Phi) is 3.58. The summed E-state index contributed by atoms with van der Waals surface area (Å²) in [5, 5.41) is 24.9. The Labute approximate surface area is 137 Å². The van der Waals surface area contributed by atoms with Crippen molar-refractivity contribution < 1.29 is 5.11 Å². The van der Waals surface area contributed by atoms with Crippen molar-refractivity contribution in [1.29, 1.82) is 0 Å². The van der Waals surface area contributed by atoms with E-state index in [0.29, 0.717) is 18.8 Å². The van der Waals surface area contributed by atoms with E-state index in [2.05, 4.69) is 30.6 Å². The van der Waals surface area contributed by atoms with Crippen LogP contribution < -0.4 is 5.32 Å². The van der Waals surface area contributed by atoms with E-state index in [4.69, 9.17) is 5.11 Å². The number of aliphatic hydroxyl groups is 1. The lowest BCUT2D eigenvalue weighted by Crippen LogP contribution is -2.03. The zero-order valence-electron chi connectivity index (χ0n) is 13.2. The van der Waals surface area contributed by atoms with Crippen LogP contribution in [0.25, 0.3) is 22.1 Å². The maximum atomic E-state index is 8.99. The number of rotatable bonds is 5. The first-order chi connectivity index (χ1) is 11.8. The third-order valence-electron chi connectivity index (χ3n) is 3.88. The van der Waals surface area contributed by atoms with Crippen LogP contribution in [0.5, 0.6) is 0 Å². The molecule has 0 aliphatic heterocycles. The molecule has 0 saturated heterocycles. The maximum Gasteiger partial charge on any atom is 0.178 e. The van der Waals surface area contributed by atoms with Gasteiger partial charge in [0.25, 0.3) is 0 Å². The van der Waals surface area contributed by atoms with Crippen molar-refractivity contribution in [3.63, 3.8) is 0 Å². The number of aromatic nitrogens is 6. The topological polar surface area (TPSA) is 105 Å². The molecule has 0 aromatic carbocycles. The fourth-order valence-electron chi connectivity index (χ4n) is 2.73. The molecule has 0 saturated carbocycles. The molecule has 0 fully saturated rings. The lowest BCUT2D eigenvalue weighted by molar-refractivity contribution is 0.277. The van der Waals surface area contributed by atoms with Gasteiger partial charge in [-0.15, -0.1) is 0 Å². The van der Waals surface area contributed by atoms with E-state index in [-0.39, 0.29) is 6.61 Å². The molecular formula is C16H17N7O. The highest BCUT2D eigenvalue weighted by Crippen LogP contribution is 2.25. The predicted molar refractivity (Wildman–Crippen MR) is 91.1 cm³/mol. The number of nitrogens with zero attached hydrogens (tertiary/aromatic N) is 5. The van der Waals surface area contributed by atoms with Crippen LogP contribution in [-0.4, -0.2) is 41.7 Å². The quantitative estimate of drug-likeness (QED) is 0.520. The molecule has 0 spiro atoms. The van der Waals surface area contributed by atoms with Gasteiger partial charge in [-0.05, 0) is 31.5 Å². The van der Waals surface area contributed by atoms with Crippen LogP contribution in [0.1, 0.15) is 12.1 Å². The first kappa shape index (κ1) is 14.6. The van der Waals surface area contributed by atoms with Gasteiger partial charge in [0.05, 0.1) is 23.1 Å². The normalized spacial score (nSPS) is 11.4. The van der Waals surface area contributed by atoms with Gasteiger partial charge in [-0.1, -0.05) is 0 Å². The third-order valence-corrected chi connectivity index (χ3v) is 3.88. The van der Waals surface area contributed by atoms with Crippen LogP contribution in [0.15, 0.2) is 30.6 Å². The monoisotopic (exact) mass is 323 g/mol. The summed E-state index contributed by atoms with van der Waals surface area (Å²) in [5.74, 6) is 0.664. The minimum absolute atomic E-state index is 0.138. The Morgan fingerprint density at radius 1 is 1.33 bits per heavy atom. The molecule has 4 aromatic heterocycles. The second-order valence-corrected chi connectivity index (χ2v) is 5.58. The number of hydrogen-bond acceptors (Lipinski definition) is 6. The molecule has 0 aliphatic carbocycles. The van der Waals surface area contributed by atoms with Gasteiger partial charge in [0.2, 0.25) is 0 Å². The van der Waals surface area contributed by atoms with Gasteiger partial charge in [-0.3, -0.25) is 10.1 Å². The van der Waals surface area contributed by atoms with Crippen molar-refractivity contribution in [2.75, 3.05) is 11.9 Å². The Bertz CT molecular complexity index is 1000. The SMILES string of the molecule is Cc1nn(CCCO)c2ncc(Nc3n[nH]c4cccnc34)cc12. The number of aliphatic hydroxyl groups excluding tert-OH is 1. The maximum absolute atomic E-state index is 8.99. The van der Waals surface area contributed by atoms with Gasteiger partial charge < -0.3 is 10.4 Å². The number of pyridine rings is 2. The number of anilines is 2. The highest BCUT2D eigenvalue weighted by Gasteiger charge is 2.11. The van der Waals surface area contributed by atoms with Crippen LogP contribution in [0.2, 0.25) is 0 Å². The number of aromatic amines is 1. The molecule has 0 bridgehead atoms.